The van der Waals surface area contributed by atoms with Gasteiger partial charge in [-0.2, -0.15) is 0 Å². The third-order valence-corrected chi connectivity index (χ3v) is 4.17. The van der Waals surface area contributed by atoms with Gasteiger partial charge in [-0.05, 0) is 37.0 Å². The van der Waals surface area contributed by atoms with E-state index in [9.17, 15) is 4.79 Å². The van der Waals surface area contributed by atoms with Crippen LogP contribution < -0.4 is 0 Å². The minimum Gasteiger partial charge on any atom is -0.340 e. The second-order valence-electron chi connectivity index (χ2n) is 6.03. The Labute approximate surface area is 130 Å². The van der Waals surface area contributed by atoms with Crippen molar-refractivity contribution in [3.8, 4) is 11.1 Å². The van der Waals surface area contributed by atoms with Crippen LogP contribution in [-0.4, -0.2) is 32.8 Å². The van der Waals surface area contributed by atoms with E-state index in [-0.39, 0.29) is 11.8 Å². The Balaban J connectivity index is 1.86. The molecule has 114 valence electrons. The van der Waals surface area contributed by atoms with Crippen LogP contribution >= 0.6 is 0 Å². The summed E-state index contributed by atoms with van der Waals surface area (Å²) >= 11 is 0. The molecule has 1 aliphatic rings. The van der Waals surface area contributed by atoms with Crippen LogP contribution in [0.2, 0.25) is 0 Å². The smallest absolute Gasteiger partial charge is 0.226 e. The largest absolute Gasteiger partial charge is 0.340 e. The van der Waals surface area contributed by atoms with Crippen molar-refractivity contribution in [2.24, 2.45) is 11.8 Å². The van der Waals surface area contributed by atoms with Crippen LogP contribution in [0.3, 0.4) is 0 Å². The maximum atomic E-state index is 12.3. The third-order valence-electron chi connectivity index (χ3n) is 4.17. The van der Waals surface area contributed by atoms with E-state index in [1.807, 2.05) is 32.3 Å². The SMILES string of the molecule is Cc1ncc(-c2ccncc2)c(CN(C)C(=O)[C@@H]2C[C@H]2C)n1. The number of aromatic nitrogens is 3. The summed E-state index contributed by atoms with van der Waals surface area (Å²) in [6.07, 6.45) is 6.33. The summed E-state index contributed by atoms with van der Waals surface area (Å²) in [5.41, 5.74) is 2.85. The third kappa shape index (κ3) is 2.98. The van der Waals surface area contributed by atoms with E-state index < -0.39 is 0 Å². The Morgan fingerprint density at radius 3 is 2.68 bits per heavy atom. The maximum Gasteiger partial charge on any atom is 0.226 e. The standard InChI is InChI=1S/C17H20N4O/c1-11-8-14(11)17(22)21(3)10-16-15(9-19-12(2)20-16)13-4-6-18-7-5-13/h4-7,9,11,14H,8,10H2,1-3H3/t11-,14-/m1/s1. The van der Waals surface area contributed by atoms with E-state index in [2.05, 4.69) is 21.9 Å². The molecule has 5 nitrogen and oxygen atoms in total. The second kappa shape index (κ2) is 5.83. The first kappa shape index (κ1) is 14.6. The van der Waals surface area contributed by atoms with Crippen molar-refractivity contribution in [2.75, 3.05) is 7.05 Å². The fraction of sp³-hybridized carbons (Fsp3) is 0.412. The number of carbonyl (C=O) groups is 1. The van der Waals surface area contributed by atoms with Crippen LogP contribution in [0.5, 0.6) is 0 Å². The molecule has 0 aliphatic heterocycles. The molecule has 3 rings (SSSR count). The van der Waals surface area contributed by atoms with Crippen LogP contribution in [-0.2, 0) is 11.3 Å². The lowest BCUT2D eigenvalue weighted by Gasteiger charge is -2.19. The number of amides is 1. The lowest BCUT2D eigenvalue weighted by atomic mass is 10.1. The van der Waals surface area contributed by atoms with Gasteiger partial charge in [0.2, 0.25) is 5.91 Å². The van der Waals surface area contributed by atoms with Gasteiger partial charge in [-0.3, -0.25) is 9.78 Å². The lowest BCUT2D eigenvalue weighted by molar-refractivity contribution is -0.132. The summed E-state index contributed by atoms with van der Waals surface area (Å²) < 4.78 is 0. The molecule has 0 N–H and O–H groups in total. The molecule has 1 fully saturated rings. The van der Waals surface area contributed by atoms with Gasteiger partial charge in [0, 0.05) is 37.1 Å². The first-order valence-corrected chi connectivity index (χ1v) is 7.54. The molecule has 5 heteroatoms. The molecule has 0 aromatic carbocycles. The van der Waals surface area contributed by atoms with Crippen molar-refractivity contribution in [3.63, 3.8) is 0 Å². The maximum absolute atomic E-state index is 12.3. The topological polar surface area (TPSA) is 59.0 Å². The summed E-state index contributed by atoms with van der Waals surface area (Å²) in [7, 11) is 1.85. The average molecular weight is 296 g/mol. The number of rotatable bonds is 4. The van der Waals surface area contributed by atoms with Crippen LogP contribution in [0.25, 0.3) is 11.1 Å². The van der Waals surface area contributed by atoms with Crippen LogP contribution in [0.1, 0.15) is 24.9 Å². The molecule has 22 heavy (non-hydrogen) atoms. The van der Waals surface area contributed by atoms with Gasteiger partial charge in [0.25, 0.3) is 0 Å². The highest BCUT2D eigenvalue weighted by Gasteiger charge is 2.40. The van der Waals surface area contributed by atoms with E-state index in [1.165, 1.54) is 0 Å². The summed E-state index contributed by atoms with van der Waals surface area (Å²) in [5.74, 6) is 1.64. The predicted octanol–water partition coefficient (Wildman–Crippen LogP) is 2.46. The first-order valence-electron chi connectivity index (χ1n) is 7.54. The van der Waals surface area contributed by atoms with E-state index in [0.29, 0.717) is 18.3 Å². The van der Waals surface area contributed by atoms with Crippen LogP contribution in [0.15, 0.2) is 30.7 Å². The van der Waals surface area contributed by atoms with Gasteiger partial charge in [-0.15, -0.1) is 0 Å². The zero-order valence-corrected chi connectivity index (χ0v) is 13.2. The second-order valence-corrected chi connectivity index (χ2v) is 6.03. The molecule has 2 aromatic heterocycles. The number of pyridine rings is 1. The van der Waals surface area contributed by atoms with Gasteiger partial charge in [-0.1, -0.05) is 6.92 Å². The van der Waals surface area contributed by atoms with Gasteiger partial charge in [0.15, 0.2) is 0 Å². The van der Waals surface area contributed by atoms with Gasteiger partial charge in [0.05, 0.1) is 12.2 Å². The highest BCUT2D eigenvalue weighted by molar-refractivity contribution is 5.81. The number of carbonyl (C=O) groups excluding carboxylic acids is 1. The molecule has 1 aliphatic carbocycles. The van der Waals surface area contributed by atoms with Crippen molar-refractivity contribution in [3.05, 3.63) is 42.2 Å². The molecule has 0 spiro atoms. The zero-order chi connectivity index (χ0) is 15.7. The highest BCUT2D eigenvalue weighted by Crippen LogP contribution is 2.39. The van der Waals surface area contributed by atoms with E-state index in [4.69, 9.17) is 0 Å². The van der Waals surface area contributed by atoms with E-state index in [1.54, 1.807) is 17.3 Å². The number of aryl methyl sites for hydroxylation is 1. The molecular weight excluding hydrogens is 276 g/mol. The molecule has 2 aromatic rings. The highest BCUT2D eigenvalue weighted by atomic mass is 16.2. The Morgan fingerprint density at radius 1 is 1.36 bits per heavy atom. The number of hydrogen-bond acceptors (Lipinski definition) is 4. The molecule has 0 radical (unpaired) electrons. The van der Waals surface area contributed by atoms with E-state index in [0.717, 1.165) is 23.2 Å². The molecule has 0 saturated heterocycles. The quantitative estimate of drug-likeness (QED) is 0.869. The van der Waals surface area contributed by atoms with Crippen LogP contribution in [0.4, 0.5) is 0 Å². The lowest BCUT2D eigenvalue weighted by Crippen LogP contribution is -2.28. The number of hydrogen-bond donors (Lipinski definition) is 0. The molecule has 1 saturated carbocycles. The summed E-state index contributed by atoms with van der Waals surface area (Å²) in [6.45, 7) is 4.49. The Kier molecular flexibility index (Phi) is 3.88. The zero-order valence-electron chi connectivity index (χ0n) is 13.2. The number of nitrogens with zero attached hydrogens (tertiary/aromatic N) is 4. The van der Waals surface area contributed by atoms with Crippen LogP contribution in [0, 0.1) is 18.8 Å². The Hall–Kier alpha value is -2.30. The monoisotopic (exact) mass is 296 g/mol. The summed E-state index contributed by atoms with van der Waals surface area (Å²) in [5, 5.41) is 0. The fourth-order valence-corrected chi connectivity index (χ4v) is 2.66. The van der Waals surface area contributed by atoms with Crippen molar-refractivity contribution in [1.29, 1.82) is 0 Å². The van der Waals surface area contributed by atoms with Gasteiger partial charge >= 0.3 is 0 Å². The fourth-order valence-electron chi connectivity index (χ4n) is 2.66. The molecule has 2 atom stereocenters. The van der Waals surface area contributed by atoms with Crippen molar-refractivity contribution < 1.29 is 4.79 Å². The Bertz CT molecular complexity index is 686. The van der Waals surface area contributed by atoms with Gasteiger partial charge < -0.3 is 4.90 Å². The van der Waals surface area contributed by atoms with E-state index >= 15 is 0 Å². The predicted molar refractivity (Wildman–Crippen MR) is 83.7 cm³/mol. The van der Waals surface area contributed by atoms with Gasteiger partial charge in [-0.25, -0.2) is 9.97 Å². The summed E-state index contributed by atoms with van der Waals surface area (Å²) in [6, 6.07) is 3.87. The minimum atomic E-state index is 0.192. The van der Waals surface area contributed by atoms with Crippen molar-refractivity contribution >= 4 is 5.91 Å². The first-order chi connectivity index (χ1) is 10.6. The van der Waals surface area contributed by atoms with Crippen molar-refractivity contribution in [2.45, 2.75) is 26.8 Å². The molecule has 0 unspecified atom stereocenters. The normalized spacial score (nSPS) is 19.8. The Morgan fingerprint density at radius 2 is 2.05 bits per heavy atom. The summed E-state index contributed by atoms with van der Waals surface area (Å²) in [4.78, 5) is 27.0. The molecule has 1 amide bonds. The molecule has 2 heterocycles. The average Bonchev–Trinajstić information content (AvgIpc) is 3.24. The van der Waals surface area contributed by atoms with Gasteiger partial charge in [0.1, 0.15) is 5.82 Å². The minimum absolute atomic E-state index is 0.192. The molecule has 0 bridgehead atoms. The molecular formula is C17H20N4O. The van der Waals surface area contributed by atoms with Crippen molar-refractivity contribution in [1.82, 2.24) is 19.9 Å².